The number of aromatic amines is 1. The van der Waals surface area contributed by atoms with E-state index in [9.17, 15) is 4.79 Å². The quantitative estimate of drug-likeness (QED) is 0.373. The molecule has 1 unspecified atom stereocenters. The predicted molar refractivity (Wildman–Crippen MR) is 142 cm³/mol. The number of tetrazole rings is 1. The van der Waals surface area contributed by atoms with Crippen molar-refractivity contribution < 1.29 is 4.74 Å². The summed E-state index contributed by atoms with van der Waals surface area (Å²) in [5, 5.41) is 13.8. The number of pyridine rings is 1. The van der Waals surface area contributed by atoms with Crippen molar-refractivity contribution in [3.63, 3.8) is 0 Å². The molecule has 0 saturated heterocycles. The van der Waals surface area contributed by atoms with Crippen LogP contribution in [-0.4, -0.2) is 37.2 Å². The van der Waals surface area contributed by atoms with Crippen molar-refractivity contribution in [3.8, 4) is 5.75 Å². The van der Waals surface area contributed by atoms with Gasteiger partial charge in [-0.1, -0.05) is 25.1 Å². The second-order valence-corrected chi connectivity index (χ2v) is 10.4. The topological polar surface area (TPSA) is 88.9 Å². The van der Waals surface area contributed by atoms with E-state index >= 15 is 0 Å². The number of nitrogens with one attached hydrogen (secondary N) is 1. The summed E-state index contributed by atoms with van der Waals surface area (Å²) in [7, 11) is 1.68. The zero-order chi connectivity index (χ0) is 26.0. The number of aromatic nitrogens is 5. The van der Waals surface area contributed by atoms with Gasteiger partial charge in [0.2, 0.25) is 0 Å². The van der Waals surface area contributed by atoms with Gasteiger partial charge in [-0.25, -0.2) is 4.68 Å². The molecule has 1 N–H and O–H groups in total. The molecular weight excluding hydrogens is 452 g/mol. The Kier molecular flexibility index (Phi) is 7.26. The van der Waals surface area contributed by atoms with E-state index in [0.717, 1.165) is 40.0 Å². The molecule has 2 aromatic carbocycles. The lowest BCUT2D eigenvalue weighted by molar-refractivity contribution is 0.152. The number of benzene rings is 2. The molecule has 0 saturated carbocycles. The molecule has 8 nitrogen and oxygen atoms in total. The SMILES string of the molecule is CCC(c1nnnn1C(C)(C)C)N(Cc1ccccc1OC)Cc1cc2cc(C)c(C)cc2[nH]c1=O. The molecule has 2 aromatic heterocycles. The molecule has 1 atom stereocenters. The Morgan fingerprint density at radius 3 is 2.44 bits per heavy atom. The number of aryl methyl sites for hydroxylation is 2. The molecule has 2 heterocycles. The zero-order valence-electron chi connectivity index (χ0n) is 22.3. The molecular formula is C28H36N6O2. The van der Waals surface area contributed by atoms with Crippen LogP contribution in [0.1, 0.15) is 68.2 Å². The summed E-state index contributed by atoms with van der Waals surface area (Å²) in [6, 6.07) is 14.0. The van der Waals surface area contributed by atoms with Gasteiger partial charge >= 0.3 is 0 Å². The van der Waals surface area contributed by atoms with Crippen LogP contribution in [0, 0.1) is 13.8 Å². The molecule has 0 spiro atoms. The Morgan fingerprint density at radius 2 is 1.75 bits per heavy atom. The summed E-state index contributed by atoms with van der Waals surface area (Å²) in [5.41, 5.74) is 4.59. The summed E-state index contributed by atoms with van der Waals surface area (Å²) in [4.78, 5) is 18.6. The van der Waals surface area contributed by atoms with E-state index in [0.29, 0.717) is 18.7 Å². The third-order valence-corrected chi connectivity index (χ3v) is 6.73. The highest BCUT2D eigenvalue weighted by molar-refractivity contribution is 5.80. The lowest BCUT2D eigenvalue weighted by Gasteiger charge is -2.32. The number of H-pyrrole nitrogens is 1. The van der Waals surface area contributed by atoms with Crippen LogP contribution in [0.3, 0.4) is 0 Å². The highest BCUT2D eigenvalue weighted by atomic mass is 16.5. The van der Waals surface area contributed by atoms with Gasteiger partial charge in [-0.15, -0.1) is 5.10 Å². The van der Waals surface area contributed by atoms with Gasteiger partial charge in [0.15, 0.2) is 5.82 Å². The fourth-order valence-corrected chi connectivity index (χ4v) is 4.67. The van der Waals surface area contributed by atoms with Crippen molar-refractivity contribution >= 4 is 10.9 Å². The number of nitrogens with zero attached hydrogens (tertiary/aromatic N) is 5. The number of rotatable bonds is 8. The third kappa shape index (κ3) is 5.18. The highest BCUT2D eigenvalue weighted by Gasteiger charge is 2.30. The van der Waals surface area contributed by atoms with Gasteiger partial charge in [-0.2, -0.15) is 0 Å². The average Bonchev–Trinajstić information content (AvgIpc) is 3.32. The monoisotopic (exact) mass is 488 g/mol. The summed E-state index contributed by atoms with van der Waals surface area (Å²) < 4.78 is 7.53. The Hall–Kier alpha value is -3.52. The lowest BCUT2D eigenvalue weighted by atomic mass is 10.0. The van der Waals surface area contributed by atoms with E-state index in [1.165, 1.54) is 5.56 Å². The maximum absolute atomic E-state index is 13.2. The minimum absolute atomic E-state index is 0.0824. The fraction of sp³-hybridized carbons (Fsp3) is 0.429. The zero-order valence-corrected chi connectivity index (χ0v) is 22.3. The molecule has 0 aliphatic carbocycles. The molecule has 0 bridgehead atoms. The van der Waals surface area contributed by atoms with E-state index in [-0.39, 0.29) is 17.1 Å². The standard InChI is InChI=1S/C28H36N6O2/c1-8-24(26-30-31-32-34(26)28(4,5)6)33(16-20-11-9-10-12-25(20)36-7)17-22-15-21-13-18(2)19(3)14-23(21)29-27(22)35/h9-15,24H,8,16-17H2,1-7H3,(H,29,35). The molecule has 4 rings (SSSR count). The van der Waals surface area contributed by atoms with Crippen molar-refractivity contribution in [3.05, 3.63) is 80.9 Å². The Balaban J connectivity index is 1.81. The van der Waals surface area contributed by atoms with Crippen molar-refractivity contribution in [1.82, 2.24) is 30.1 Å². The van der Waals surface area contributed by atoms with Crippen LogP contribution in [-0.2, 0) is 18.6 Å². The third-order valence-electron chi connectivity index (χ3n) is 6.73. The van der Waals surface area contributed by atoms with E-state index in [2.05, 4.69) is 79.1 Å². The molecule has 190 valence electrons. The van der Waals surface area contributed by atoms with E-state index in [1.807, 2.05) is 35.0 Å². The molecule has 0 amide bonds. The molecule has 0 aliphatic rings. The molecule has 0 radical (unpaired) electrons. The molecule has 8 heteroatoms. The summed E-state index contributed by atoms with van der Waals surface area (Å²) >= 11 is 0. The highest BCUT2D eigenvalue weighted by Crippen LogP contribution is 2.31. The maximum Gasteiger partial charge on any atom is 0.252 e. The molecule has 4 aromatic rings. The van der Waals surface area contributed by atoms with Gasteiger partial charge in [0.1, 0.15) is 5.75 Å². The normalized spacial score (nSPS) is 12.9. The number of methoxy groups -OCH3 is 1. The molecule has 0 fully saturated rings. The van der Waals surface area contributed by atoms with E-state index in [1.54, 1.807) is 7.11 Å². The van der Waals surface area contributed by atoms with Crippen LogP contribution < -0.4 is 10.3 Å². The van der Waals surface area contributed by atoms with Crippen LogP contribution in [0.25, 0.3) is 10.9 Å². The summed E-state index contributed by atoms with van der Waals surface area (Å²) in [6.45, 7) is 13.5. The Bertz CT molecular complexity index is 1420. The number of hydrogen-bond donors (Lipinski definition) is 1. The van der Waals surface area contributed by atoms with Crippen LogP contribution in [0.2, 0.25) is 0 Å². The van der Waals surface area contributed by atoms with Crippen LogP contribution in [0.15, 0.2) is 47.3 Å². The largest absolute Gasteiger partial charge is 0.496 e. The van der Waals surface area contributed by atoms with Gasteiger partial charge in [-0.3, -0.25) is 9.69 Å². The first-order valence-electron chi connectivity index (χ1n) is 12.4. The first-order chi connectivity index (χ1) is 17.1. The first-order valence-corrected chi connectivity index (χ1v) is 12.4. The average molecular weight is 489 g/mol. The molecule has 0 aliphatic heterocycles. The predicted octanol–water partition coefficient (Wildman–Crippen LogP) is 5.05. The lowest BCUT2D eigenvalue weighted by Crippen LogP contribution is -2.35. The number of para-hydroxylation sites is 1. The van der Waals surface area contributed by atoms with Crippen molar-refractivity contribution in [1.29, 1.82) is 0 Å². The second-order valence-electron chi connectivity index (χ2n) is 10.4. The van der Waals surface area contributed by atoms with Crippen molar-refractivity contribution in [2.24, 2.45) is 0 Å². The van der Waals surface area contributed by atoms with Crippen LogP contribution in [0.4, 0.5) is 0 Å². The minimum Gasteiger partial charge on any atom is -0.496 e. The van der Waals surface area contributed by atoms with Gasteiger partial charge in [0.05, 0.1) is 18.7 Å². The first kappa shape index (κ1) is 25.6. The van der Waals surface area contributed by atoms with Gasteiger partial charge in [-0.05, 0) is 92.2 Å². The molecule has 36 heavy (non-hydrogen) atoms. The van der Waals surface area contributed by atoms with Crippen molar-refractivity contribution in [2.45, 2.75) is 72.6 Å². The van der Waals surface area contributed by atoms with E-state index in [4.69, 9.17) is 4.74 Å². The maximum atomic E-state index is 13.2. The number of ether oxygens (including phenoxy) is 1. The van der Waals surface area contributed by atoms with Gasteiger partial charge in [0, 0.05) is 29.7 Å². The second kappa shape index (κ2) is 10.2. The fourth-order valence-electron chi connectivity index (χ4n) is 4.67. The summed E-state index contributed by atoms with van der Waals surface area (Å²) in [6.07, 6.45) is 0.773. The number of hydrogen-bond acceptors (Lipinski definition) is 6. The smallest absolute Gasteiger partial charge is 0.252 e. The minimum atomic E-state index is -0.280. The van der Waals surface area contributed by atoms with Gasteiger partial charge < -0.3 is 9.72 Å². The number of fused-ring (bicyclic) bond motifs is 1. The van der Waals surface area contributed by atoms with Crippen LogP contribution in [0.5, 0.6) is 5.75 Å². The Labute approximate surface area is 212 Å². The van der Waals surface area contributed by atoms with Crippen molar-refractivity contribution in [2.75, 3.05) is 7.11 Å². The van der Waals surface area contributed by atoms with Crippen LogP contribution >= 0.6 is 0 Å². The Morgan fingerprint density at radius 1 is 1.06 bits per heavy atom. The van der Waals surface area contributed by atoms with Gasteiger partial charge in [0.25, 0.3) is 5.56 Å². The summed E-state index contributed by atoms with van der Waals surface area (Å²) in [5.74, 6) is 1.59. The van der Waals surface area contributed by atoms with E-state index < -0.39 is 0 Å².